The van der Waals surface area contributed by atoms with Gasteiger partial charge in [-0.25, -0.2) is 13.8 Å². The molecule has 18 heavy (non-hydrogen) atoms. The van der Waals surface area contributed by atoms with Gasteiger partial charge in [-0.15, -0.1) is 0 Å². The van der Waals surface area contributed by atoms with Crippen LogP contribution in [0.4, 0.5) is 20.3 Å². The number of nitrogens with one attached hydrogen (secondary N) is 1. The van der Waals surface area contributed by atoms with E-state index in [2.05, 4.69) is 15.0 Å². The van der Waals surface area contributed by atoms with Gasteiger partial charge < -0.3 is 10.1 Å². The largest absolute Gasteiger partial charge is 0.374 e. The maximum Gasteiger partial charge on any atom is 0.289 e. The first kappa shape index (κ1) is 14.5. The van der Waals surface area contributed by atoms with Crippen LogP contribution in [0.15, 0.2) is 12.3 Å². The fraction of sp³-hybridized carbons (Fsp3) is 0.444. The Bertz CT molecular complexity index is 420. The lowest BCUT2D eigenvalue weighted by molar-refractivity contribution is -0.385. The van der Waals surface area contributed by atoms with Gasteiger partial charge >= 0.3 is 0 Å². The molecule has 0 saturated heterocycles. The summed E-state index contributed by atoms with van der Waals surface area (Å²) >= 11 is 5.75. The van der Waals surface area contributed by atoms with E-state index in [0.717, 1.165) is 12.3 Å². The smallest absolute Gasteiger partial charge is 0.289 e. The number of pyridine rings is 1. The standard InChI is InChI=1S/C9H10ClF2N3O3/c10-7-3-6(15(16)17)4-14-9(7)13-1-2-18-5-8(11)12/h3-4,8H,1-2,5H2,(H,13,14). The summed E-state index contributed by atoms with van der Waals surface area (Å²) in [5.74, 6) is 0.239. The van der Waals surface area contributed by atoms with Crippen LogP contribution in [0, 0.1) is 10.1 Å². The quantitative estimate of drug-likeness (QED) is 0.471. The molecule has 6 nitrogen and oxygen atoms in total. The van der Waals surface area contributed by atoms with E-state index in [1.807, 2.05) is 0 Å². The molecule has 0 fully saturated rings. The summed E-state index contributed by atoms with van der Waals surface area (Å²) in [6.45, 7) is -0.361. The van der Waals surface area contributed by atoms with Gasteiger partial charge in [-0.2, -0.15) is 0 Å². The van der Waals surface area contributed by atoms with Crippen molar-refractivity contribution in [3.63, 3.8) is 0 Å². The van der Waals surface area contributed by atoms with E-state index in [1.54, 1.807) is 0 Å². The molecule has 9 heteroatoms. The molecule has 1 heterocycles. The lowest BCUT2D eigenvalue weighted by atomic mass is 10.4. The normalized spacial score (nSPS) is 10.7. The average Bonchev–Trinajstić information content (AvgIpc) is 2.29. The van der Waals surface area contributed by atoms with Crippen molar-refractivity contribution < 1.29 is 18.4 Å². The van der Waals surface area contributed by atoms with Gasteiger partial charge in [0, 0.05) is 12.6 Å². The van der Waals surface area contributed by atoms with E-state index in [9.17, 15) is 18.9 Å². The number of nitro groups is 1. The monoisotopic (exact) mass is 281 g/mol. The molecular weight excluding hydrogens is 272 g/mol. The molecule has 1 rings (SSSR count). The molecule has 0 aromatic carbocycles. The zero-order valence-corrected chi connectivity index (χ0v) is 9.86. The minimum Gasteiger partial charge on any atom is -0.374 e. The summed E-state index contributed by atoms with van der Waals surface area (Å²) < 4.78 is 28.1. The Labute approximate surface area is 106 Å². The number of nitrogens with zero attached hydrogens (tertiary/aromatic N) is 2. The molecule has 0 amide bonds. The molecule has 0 saturated carbocycles. The minimum atomic E-state index is -2.51. The van der Waals surface area contributed by atoms with Crippen molar-refractivity contribution in [2.75, 3.05) is 25.1 Å². The Kier molecular flexibility index (Phi) is 5.66. The molecule has 1 aromatic rings. The molecule has 100 valence electrons. The van der Waals surface area contributed by atoms with Gasteiger partial charge in [0.25, 0.3) is 12.1 Å². The van der Waals surface area contributed by atoms with Crippen molar-refractivity contribution >= 4 is 23.1 Å². The summed E-state index contributed by atoms with van der Waals surface area (Å²) in [6.07, 6.45) is -1.46. The Balaban J connectivity index is 2.41. The third-order valence-electron chi connectivity index (χ3n) is 1.82. The molecule has 0 aliphatic rings. The lowest BCUT2D eigenvalue weighted by Gasteiger charge is -2.07. The van der Waals surface area contributed by atoms with E-state index in [-0.39, 0.29) is 29.7 Å². The van der Waals surface area contributed by atoms with Gasteiger partial charge in [-0.05, 0) is 0 Å². The van der Waals surface area contributed by atoms with Crippen LogP contribution in [-0.4, -0.2) is 36.1 Å². The van der Waals surface area contributed by atoms with Gasteiger partial charge in [-0.1, -0.05) is 11.6 Å². The van der Waals surface area contributed by atoms with Crippen molar-refractivity contribution in [2.24, 2.45) is 0 Å². The first-order chi connectivity index (χ1) is 8.50. The maximum atomic E-state index is 11.7. The lowest BCUT2D eigenvalue weighted by Crippen LogP contribution is -2.13. The van der Waals surface area contributed by atoms with E-state index in [4.69, 9.17) is 11.6 Å². The molecule has 0 spiro atoms. The molecule has 0 aliphatic carbocycles. The predicted octanol–water partition coefficient (Wildman–Crippen LogP) is 2.34. The van der Waals surface area contributed by atoms with Crippen LogP contribution in [0.1, 0.15) is 0 Å². The van der Waals surface area contributed by atoms with E-state index >= 15 is 0 Å². The summed E-state index contributed by atoms with van der Waals surface area (Å²) in [5, 5.41) is 13.2. The van der Waals surface area contributed by atoms with Gasteiger partial charge in [0.15, 0.2) is 0 Å². The number of hydrogen-bond acceptors (Lipinski definition) is 5. The molecule has 1 aromatic heterocycles. The highest BCUT2D eigenvalue weighted by molar-refractivity contribution is 6.33. The van der Waals surface area contributed by atoms with Crippen LogP contribution in [0.3, 0.4) is 0 Å². The number of anilines is 1. The fourth-order valence-corrected chi connectivity index (χ4v) is 1.30. The Hall–Kier alpha value is -1.54. The van der Waals surface area contributed by atoms with Crippen molar-refractivity contribution in [3.05, 3.63) is 27.4 Å². The van der Waals surface area contributed by atoms with Crippen LogP contribution >= 0.6 is 11.6 Å². The topological polar surface area (TPSA) is 77.3 Å². The zero-order chi connectivity index (χ0) is 13.5. The SMILES string of the molecule is O=[N+]([O-])c1cnc(NCCOCC(F)F)c(Cl)c1. The summed E-state index contributed by atoms with van der Waals surface area (Å²) in [6, 6.07) is 1.15. The zero-order valence-electron chi connectivity index (χ0n) is 9.11. The van der Waals surface area contributed by atoms with Crippen molar-refractivity contribution in [1.29, 1.82) is 0 Å². The van der Waals surface area contributed by atoms with Gasteiger partial charge in [0.2, 0.25) is 0 Å². The van der Waals surface area contributed by atoms with Crippen molar-refractivity contribution in [1.82, 2.24) is 4.98 Å². The Morgan fingerprint density at radius 1 is 1.61 bits per heavy atom. The van der Waals surface area contributed by atoms with E-state index < -0.39 is 18.0 Å². The summed E-state index contributed by atoms with van der Waals surface area (Å²) in [4.78, 5) is 13.6. The average molecular weight is 282 g/mol. The second kappa shape index (κ2) is 7.02. The van der Waals surface area contributed by atoms with Gasteiger partial charge in [-0.3, -0.25) is 10.1 Å². The second-order valence-corrected chi connectivity index (χ2v) is 3.58. The van der Waals surface area contributed by atoms with Crippen LogP contribution < -0.4 is 5.32 Å². The predicted molar refractivity (Wildman–Crippen MR) is 61.2 cm³/mol. The number of aromatic nitrogens is 1. The summed E-state index contributed by atoms with van der Waals surface area (Å²) in [7, 11) is 0. The molecule has 0 bridgehead atoms. The van der Waals surface area contributed by atoms with Crippen LogP contribution in [0.25, 0.3) is 0 Å². The molecule has 1 N–H and O–H groups in total. The van der Waals surface area contributed by atoms with Crippen molar-refractivity contribution in [2.45, 2.75) is 6.43 Å². The molecule has 0 radical (unpaired) electrons. The van der Waals surface area contributed by atoms with Crippen molar-refractivity contribution in [3.8, 4) is 0 Å². The molecule has 0 aliphatic heterocycles. The maximum absolute atomic E-state index is 11.7. The Morgan fingerprint density at radius 2 is 2.33 bits per heavy atom. The first-order valence-corrected chi connectivity index (χ1v) is 5.28. The van der Waals surface area contributed by atoms with Crippen LogP contribution in [0.2, 0.25) is 5.02 Å². The van der Waals surface area contributed by atoms with E-state index in [1.165, 1.54) is 0 Å². The first-order valence-electron chi connectivity index (χ1n) is 4.90. The minimum absolute atomic E-state index is 0.0549. The fourth-order valence-electron chi connectivity index (χ4n) is 1.07. The number of alkyl halides is 2. The van der Waals surface area contributed by atoms with Crippen LogP contribution in [0.5, 0.6) is 0 Å². The number of halogens is 3. The second-order valence-electron chi connectivity index (χ2n) is 3.17. The van der Waals surface area contributed by atoms with Gasteiger partial charge in [0.05, 0.1) is 16.6 Å². The molecule has 0 atom stereocenters. The number of hydrogen-bond donors (Lipinski definition) is 1. The molecular formula is C9H10ClF2N3O3. The number of ether oxygens (including phenoxy) is 1. The molecule has 0 unspecified atom stereocenters. The van der Waals surface area contributed by atoms with Gasteiger partial charge in [0.1, 0.15) is 18.6 Å². The highest BCUT2D eigenvalue weighted by atomic mass is 35.5. The Morgan fingerprint density at radius 3 is 2.89 bits per heavy atom. The highest BCUT2D eigenvalue weighted by Gasteiger charge is 2.10. The third kappa shape index (κ3) is 4.76. The van der Waals surface area contributed by atoms with E-state index in [0.29, 0.717) is 0 Å². The third-order valence-corrected chi connectivity index (χ3v) is 2.11. The highest BCUT2D eigenvalue weighted by Crippen LogP contribution is 2.23. The number of rotatable bonds is 7. The summed E-state index contributed by atoms with van der Waals surface area (Å²) in [5.41, 5.74) is -0.223. The van der Waals surface area contributed by atoms with Crippen LogP contribution in [-0.2, 0) is 4.74 Å².